The number of hydroxylamine groups is 2. The summed E-state index contributed by atoms with van der Waals surface area (Å²) in [4.78, 5) is 77.0. The number of anilines is 1. The van der Waals surface area contributed by atoms with E-state index in [-0.39, 0.29) is 36.4 Å². The van der Waals surface area contributed by atoms with E-state index >= 15 is 0 Å². The van der Waals surface area contributed by atoms with Crippen molar-refractivity contribution in [3.05, 3.63) is 78.3 Å². The fourth-order valence-corrected chi connectivity index (χ4v) is 6.36. The van der Waals surface area contributed by atoms with Gasteiger partial charge in [-0.15, -0.1) is 5.06 Å². The van der Waals surface area contributed by atoms with Crippen LogP contribution in [0.4, 0.5) is 5.95 Å². The second-order valence-electron chi connectivity index (χ2n) is 12.1. The lowest BCUT2D eigenvalue weighted by Crippen LogP contribution is -2.45. The fourth-order valence-electron chi connectivity index (χ4n) is 6.36. The third-order valence-corrected chi connectivity index (χ3v) is 8.99. The summed E-state index contributed by atoms with van der Waals surface area (Å²) in [5, 5.41) is 2.46. The SMILES string of the molecule is C=C1CCC(=O)N1OC(=O)CCCCN1C(=O)C(c2nc(N3CCN(C)CC3)nc3ccccc23)=C(c2c[nH]c3ccccc23)C1=O. The van der Waals surface area contributed by atoms with Gasteiger partial charge in [-0.1, -0.05) is 43.0 Å². The van der Waals surface area contributed by atoms with E-state index in [9.17, 15) is 19.2 Å². The second kappa shape index (κ2) is 12.4. The van der Waals surface area contributed by atoms with Gasteiger partial charge in [0.25, 0.3) is 17.7 Å². The summed E-state index contributed by atoms with van der Waals surface area (Å²) in [6.07, 6.45) is 3.23. The molecule has 12 heteroatoms. The number of piperazine rings is 1. The van der Waals surface area contributed by atoms with E-state index in [4.69, 9.17) is 14.8 Å². The number of H-pyrrole nitrogens is 1. The Morgan fingerprint density at radius 3 is 2.38 bits per heavy atom. The van der Waals surface area contributed by atoms with Crippen LogP contribution in [0, 0.1) is 0 Å². The summed E-state index contributed by atoms with van der Waals surface area (Å²) >= 11 is 0. The van der Waals surface area contributed by atoms with Crippen molar-refractivity contribution in [2.24, 2.45) is 0 Å². The zero-order valence-corrected chi connectivity index (χ0v) is 26.2. The molecule has 3 aliphatic heterocycles. The van der Waals surface area contributed by atoms with Gasteiger partial charge in [-0.25, -0.2) is 14.8 Å². The molecule has 0 unspecified atom stereocenters. The number of allylic oxidation sites excluding steroid dienone is 1. The van der Waals surface area contributed by atoms with E-state index in [1.54, 1.807) is 6.20 Å². The van der Waals surface area contributed by atoms with Crippen LogP contribution in [0.2, 0.25) is 0 Å². The van der Waals surface area contributed by atoms with Gasteiger partial charge < -0.3 is 19.6 Å². The molecule has 3 aliphatic rings. The van der Waals surface area contributed by atoms with Crippen molar-refractivity contribution in [1.29, 1.82) is 0 Å². The zero-order chi connectivity index (χ0) is 32.7. The number of aromatic amines is 1. The molecule has 7 rings (SSSR count). The summed E-state index contributed by atoms with van der Waals surface area (Å²) in [6, 6.07) is 15.2. The van der Waals surface area contributed by atoms with E-state index in [0.717, 1.165) is 42.1 Å². The predicted molar refractivity (Wildman–Crippen MR) is 176 cm³/mol. The van der Waals surface area contributed by atoms with Crippen LogP contribution in [-0.2, 0) is 24.0 Å². The normalized spacial score (nSPS) is 17.7. The molecule has 0 saturated carbocycles. The summed E-state index contributed by atoms with van der Waals surface area (Å²) in [7, 11) is 2.08. The number of likely N-dealkylation sites (N-methyl/N-ethyl adjacent to an activating group) is 1. The van der Waals surface area contributed by atoms with E-state index < -0.39 is 17.8 Å². The van der Waals surface area contributed by atoms with Crippen LogP contribution in [0.5, 0.6) is 0 Å². The van der Waals surface area contributed by atoms with Gasteiger partial charge in [0.2, 0.25) is 5.95 Å². The molecule has 5 heterocycles. The average molecular weight is 634 g/mol. The first-order valence-electron chi connectivity index (χ1n) is 15.9. The molecule has 0 aliphatic carbocycles. The van der Waals surface area contributed by atoms with Crippen molar-refractivity contribution in [2.75, 3.05) is 44.7 Å². The summed E-state index contributed by atoms with van der Waals surface area (Å²) < 4.78 is 0. The average Bonchev–Trinajstić information content (AvgIpc) is 3.72. The number of benzene rings is 2. The Morgan fingerprint density at radius 1 is 0.894 bits per heavy atom. The lowest BCUT2D eigenvalue weighted by atomic mass is 9.97. The number of nitrogens with one attached hydrogen (secondary N) is 1. The van der Waals surface area contributed by atoms with Gasteiger partial charge in [0, 0.05) is 73.6 Å². The lowest BCUT2D eigenvalue weighted by molar-refractivity contribution is -0.186. The molecule has 0 bridgehead atoms. The Labute approximate surface area is 271 Å². The molecule has 2 aromatic carbocycles. The number of aromatic nitrogens is 3. The molecule has 2 aromatic heterocycles. The van der Waals surface area contributed by atoms with Crippen molar-refractivity contribution in [3.63, 3.8) is 0 Å². The van der Waals surface area contributed by atoms with Gasteiger partial charge in [-0.3, -0.25) is 19.3 Å². The van der Waals surface area contributed by atoms with Crippen LogP contribution >= 0.6 is 0 Å². The molecule has 2 fully saturated rings. The van der Waals surface area contributed by atoms with Gasteiger partial charge >= 0.3 is 5.97 Å². The van der Waals surface area contributed by atoms with Gasteiger partial charge in [-0.2, -0.15) is 0 Å². The van der Waals surface area contributed by atoms with E-state index in [2.05, 4.69) is 28.4 Å². The second-order valence-corrected chi connectivity index (χ2v) is 12.1. The zero-order valence-electron chi connectivity index (χ0n) is 26.2. The van der Waals surface area contributed by atoms with Crippen molar-refractivity contribution < 1.29 is 24.0 Å². The van der Waals surface area contributed by atoms with Gasteiger partial charge in [0.15, 0.2) is 0 Å². The molecule has 1 N–H and O–H groups in total. The summed E-state index contributed by atoms with van der Waals surface area (Å²) in [6.45, 7) is 7.06. The van der Waals surface area contributed by atoms with Crippen LogP contribution in [0.1, 0.15) is 43.4 Å². The maximum Gasteiger partial charge on any atom is 0.333 e. The standard InChI is InChI=1S/C35H35N7O5/c1-22-14-15-28(43)42(22)47-29(44)13-7-8-16-41-33(45)30(25-21-36-26-11-5-3-9-23(25)26)31(34(41)46)32-24-10-4-6-12-27(24)37-35(38-32)40-19-17-39(2)18-20-40/h3-6,9-12,21,36H,1,7-8,13-20H2,2H3. The highest BCUT2D eigenvalue weighted by molar-refractivity contribution is 6.50. The van der Waals surface area contributed by atoms with Crippen LogP contribution in [0.25, 0.3) is 33.0 Å². The maximum absolute atomic E-state index is 14.4. The number of fused-ring (bicyclic) bond motifs is 2. The maximum atomic E-state index is 14.4. The van der Waals surface area contributed by atoms with E-state index in [0.29, 0.717) is 53.1 Å². The number of carbonyl (C=O) groups excluding carboxylic acids is 4. The first kappa shape index (κ1) is 30.3. The number of nitrogens with zero attached hydrogens (tertiary/aromatic N) is 6. The van der Waals surface area contributed by atoms with E-state index in [1.807, 2.05) is 48.5 Å². The molecule has 47 heavy (non-hydrogen) atoms. The molecule has 240 valence electrons. The Balaban J connectivity index is 1.21. The number of hydrogen-bond acceptors (Lipinski definition) is 9. The molecule has 0 atom stereocenters. The monoisotopic (exact) mass is 633 g/mol. The van der Waals surface area contributed by atoms with Crippen LogP contribution in [0.3, 0.4) is 0 Å². The highest BCUT2D eigenvalue weighted by atomic mass is 16.7. The van der Waals surface area contributed by atoms with Crippen LogP contribution in [0.15, 0.2) is 67.0 Å². The number of unbranched alkanes of at least 4 members (excludes halogenated alkanes) is 1. The number of rotatable bonds is 9. The van der Waals surface area contributed by atoms with Crippen LogP contribution in [-0.4, -0.2) is 93.3 Å². The predicted octanol–water partition coefficient (Wildman–Crippen LogP) is 3.91. The minimum atomic E-state index is -0.567. The minimum absolute atomic E-state index is 0.0216. The molecule has 12 nitrogen and oxygen atoms in total. The first-order valence-corrected chi connectivity index (χ1v) is 15.9. The molecule has 0 spiro atoms. The Bertz CT molecular complexity index is 1960. The summed E-state index contributed by atoms with van der Waals surface area (Å²) in [5.74, 6) is -1.20. The molecule has 4 aromatic rings. The van der Waals surface area contributed by atoms with Crippen molar-refractivity contribution in [2.45, 2.75) is 32.1 Å². The molecule has 2 saturated heterocycles. The van der Waals surface area contributed by atoms with Crippen molar-refractivity contribution in [1.82, 2.24) is 29.8 Å². The van der Waals surface area contributed by atoms with Gasteiger partial charge in [0.05, 0.1) is 28.1 Å². The first-order chi connectivity index (χ1) is 22.8. The third kappa shape index (κ3) is 5.65. The number of carbonyl (C=O) groups is 4. The molecule has 3 amide bonds. The van der Waals surface area contributed by atoms with Gasteiger partial charge in [0.1, 0.15) is 0 Å². The Morgan fingerprint density at radius 2 is 1.62 bits per heavy atom. The fraction of sp³-hybridized carbons (Fsp3) is 0.314. The molecular weight excluding hydrogens is 598 g/mol. The minimum Gasteiger partial charge on any atom is -0.361 e. The topological polar surface area (TPSA) is 132 Å². The molecule has 0 radical (unpaired) electrons. The quantitative estimate of drug-likeness (QED) is 0.215. The smallest absolute Gasteiger partial charge is 0.333 e. The van der Waals surface area contributed by atoms with Crippen LogP contribution < -0.4 is 4.90 Å². The Kier molecular flexibility index (Phi) is 8.02. The summed E-state index contributed by atoms with van der Waals surface area (Å²) in [5.41, 5.74) is 3.55. The largest absolute Gasteiger partial charge is 0.361 e. The van der Waals surface area contributed by atoms with Crippen molar-refractivity contribution >= 4 is 62.6 Å². The van der Waals surface area contributed by atoms with E-state index in [1.165, 1.54) is 4.90 Å². The number of imide groups is 1. The third-order valence-electron chi connectivity index (χ3n) is 8.99. The Hall–Kier alpha value is -5.36. The molecular formula is C35H35N7O5. The number of hydrogen-bond donors (Lipinski definition) is 1. The highest BCUT2D eigenvalue weighted by Crippen LogP contribution is 2.40. The van der Waals surface area contributed by atoms with Crippen molar-refractivity contribution in [3.8, 4) is 0 Å². The highest BCUT2D eigenvalue weighted by Gasteiger charge is 2.42. The number of amides is 3. The lowest BCUT2D eigenvalue weighted by Gasteiger charge is -2.32. The van der Waals surface area contributed by atoms with Gasteiger partial charge in [-0.05, 0) is 38.4 Å². The number of para-hydroxylation sites is 2.